The van der Waals surface area contributed by atoms with Gasteiger partial charge in [0.1, 0.15) is 5.82 Å². The van der Waals surface area contributed by atoms with Crippen molar-refractivity contribution < 1.29 is 9.53 Å². The monoisotopic (exact) mass is 592 g/mol. The van der Waals surface area contributed by atoms with Crippen LogP contribution < -0.4 is 10.3 Å². The van der Waals surface area contributed by atoms with Crippen molar-refractivity contribution >= 4 is 5.91 Å². The Labute approximate surface area is 259 Å². The number of carbonyl (C=O) groups excluding carboxylic acids is 1. The van der Waals surface area contributed by atoms with Crippen LogP contribution in [0.3, 0.4) is 0 Å². The highest BCUT2D eigenvalue weighted by Gasteiger charge is 2.18. The van der Waals surface area contributed by atoms with E-state index in [1.54, 1.807) is 30.3 Å². The fourth-order valence-corrected chi connectivity index (χ4v) is 5.17. The Morgan fingerprint density at radius 2 is 1.70 bits per heavy atom. The molecule has 0 saturated heterocycles. The van der Waals surface area contributed by atoms with Crippen LogP contribution >= 0.6 is 0 Å². The van der Waals surface area contributed by atoms with E-state index in [2.05, 4.69) is 23.0 Å². The minimum absolute atomic E-state index is 0.117. The first kappa shape index (κ1) is 32.1. The molecule has 4 aromatic rings. The van der Waals surface area contributed by atoms with Gasteiger partial charge in [0.2, 0.25) is 11.9 Å². The van der Waals surface area contributed by atoms with Crippen molar-refractivity contribution in [1.29, 1.82) is 5.26 Å². The van der Waals surface area contributed by atoms with Crippen LogP contribution in [0.1, 0.15) is 74.7 Å². The third kappa shape index (κ3) is 7.75. The van der Waals surface area contributed by atoms with Crippen LogP contribution in [-0.4, -0.2) is 50.0 Å². The van der Waals surface area contributed by atoms with Crippen molar-refractivity contribution in [3.8, 4) is 28.9 Å². The molecule has 0 fully saturated rings. The summed E-state index contributed by atoms with van der Waals surface area (Å²) in [7, 11) is 0. The lowest BCUT2D eigenvalue weighted by molar-refractivity contribution is -0.131. The van der Waals surface area contributed by atoms with Gasteiger partial charge < -0.3 is 9.64 Å². The van der Waals surface area contributed by atoms with Crippen molar-refractivity contribution in [3.05, 3.63) is 99.5 Å². The molecule has 0 saturated carbocycles. The van der Waals surface area contributed by atoms with Gasteiger partial charge in [0.15, 0.2) is 5.75 Å². The zero-order valence-corrected chi connectivity index (χ0v) is 26.0. The molecule has 0 radical (unpaired) electrons. The number of rotatable bonds is 14. The highest BCUT2D eigenvalue weighted by Crippen LogP contribution is 2.24. The summed E-state index contributed by atoms with van der Waals surface area (Å²) >= 11 is 0. The van der Waals surface area contributed by atoms with E-state index < -0.39 is 0 Å². The van der Waals surface area contributed by atoms with Crippen molar-refractivity contribution in [2.45, 2.75) is 66.2 Å². The topological polar surface area (TPSA) is 114 Å². The summed E-state index contributed by atoms with van der Waals surface area (Å²) in [5, 5.41) is 9.49. The van der Waals surface area contributed by atoms with Crippen molar-refractivity contribution in [2.24, 2.45) is 0 Å². The number of hydrogen-bond donors (Lipinski definition) is 0. The average molecular weight is 593 g/mol. The molecule has 2 heterocycles. The van der Waals surface area contributed by atoms with Crippen LogP contribution in [0.5, 0.6) is 5.75 Å². The van der Waals surface area contributed by atoms with Gasteiger partial charge in [-0.15, -0.1) is 0 Å². The molecule has 0 unspecified atom stereocenters. The van der Waals surface area contributed by atoms with Crippen LogP contribution in [0.15, 0.2) is 65.7 Å². The first-order chi connectivity index (χ1) is 21.4. The quantitative estimate of drug-likeness (QED) is 0.169. The summed E-state index contributed by atoms with van der Waals surface area (Å²) in [6, 6.07) is 17.7. The van der Waals surface area contributed by atoms with E-state index in [9.17, 15) is 14.9 Å². The van der Waals surface area contributed by atoms with Gasteiger partial charge in [0, 0.05) is 31.5 Å². The predicted molar refractivity (Wildman–Crippen MR) is 171 cm³/mol. The number of hydrogen-bond acceptors (Lipinski definition) is 7. The van der Waals surface area contributed by atoms with Gasteiger partial charge in [0.25, 0.3) is 5.56 Å². The van der Waals surface area contributed by atoms with E-state index in [1.165, 1.54) is 4.57 Å². The lowest BCUT2D eigenvalue weighted by atomic mass is 9.97. The summed E-state index contributed by atoms with van der Waals surface area (Å²) in [5.41, 5.74) is 4.64. The molecule has 0 bridgehead atoms. The molecule has 228 valence electrons. The maximum atomic E-state index is 14.0. The van der Waals surface area contributed by atoms with E-state index in [0.717, 1.165) is 35.2 Å². The SMILES string of the molecule is CCCCc1nc(C)n(-c2ncc(OCCCC(=O)N(CC)CC)cn2)c(=O)c1Cc1ccc(-c2ccccc2C#N)cc1. The van der Waals surface area contributed by atoms with Crippen LogP contribution in [0.25, 0.3) is 17.1 Å². The number of nitriles is 1. The second kappa shape index (κ2) is 15.6. The van der Waals surface area contributed by atoms with Gasteiger partial charge in [-0.2, -0.15) is 5.26 Å². The third-order valence-electron chi connectivity index (χ3n) is 7.62. The lowest BCUT2D eigenvalue weighted by Gasteiger charge is -2.18. The van der Waals surface area contributed by atoms with Crippen LogP contribution in [0.2, 0.25) is 0 Å². The Balaban J connectivity index is 1.54. The van der Waals surface area contributed by atoms with E-state index in [4.69, 9.17) is 9.72 Å². The summed E-state index contributed by atoms with van der Waals surface area (Å²) in [6.07, 6.45) is 7.14. The molecular weight excluding hydrogens is 552 g/mol. The standard InChI is InChI=1S/C35H40N6O3/c1-5-8-14-32-31(21-26-16-18-27(19-17-26)30-13-10-9-12-28(30)22-36)34(43)41(25(4)39-32)35-37-23-29(24-38-35)44-20-11-15-33(42)40(6-2)7-3/h9-10,12-13,16-19,23-24H,5-8,11,14-15,20-21H2,1-4H3. The van der Waals surface area contributed by atoms with Crippen LogP contribution in [-0.2, 0) is 17.6 Å². The van der Waals surface area contributed by atoms with Crippen molar-refractivity contribution in [3.63, 3.8) is 0 Å². The van der Waals surface area contributed by atoms with Gasteiger partial charge in [-0.1, -0.05) is 55.8 Å². The molecule has 0 atom stereocenters. The summed E-state index contributed by atoms with van der Waals surface area (Å²) in [6.45, 7) is 9.62. The van der Waals surface area contributed by atoms with Gasteiger partial charge in [0.05, 0.1) is 36.3 Å². The fourth-order valence-electron chi connectivity index (χ4n) is 5.17. The lowest BCUT2D eigenvalue weighted by Crippen LogP contribution is -2.30. The number of amides is 1. The average Bonchev–Trinajstić information content (AvgIpc) is 3.05. The Hall–Kier alpha value is -4.84. The molecule has 1 amide bonds. The molecule has 0 N–H and O–H groups in total. The second-order valence-electron chi connectivity index (χ2n) is 10.6. The molecular formula is C35H40N6O3. The van der Waals surface area contributed by atoms with Crippen LogP contribution in [0, 0.1) is 18.3 Å². The molecule has 4 rings (SSSR count). The second-order valence-corrected chi connectivity index (χ2v) is 10.6. The molecule has 9 heteroatoms. The van der Waals surface area contributed by atoms with Crippen LogP contribution in [0.4, 0.5) is 0 Å². The number of benzene rings is 2. The molecule has 0 aliphatic carbocycles. The van der Waals surface area contributed by atoms with E-state index in [-0.39, 0.29) is 17.4 Å². The number of aromatic nitrogens is 4. The summed E-state index contributed by atoms with van der Waals surface area (Å²) < 4.78 is 7.21. The van der Waals surface area contributed by atoms with Gasteiger partial charge >= 0.3 is 0 Å². The number of ether oxygens (including phenoxy) is 1. The Morgan fingerprint density at radius 1 is 1.00 bits per heavy atom. The Bertz CT molecular complexity index is 1650. The predicted octanol–water partition coefficient (Wildman–Crippen LogP) is 5.83. The smallest absolute Gasteiger partial charge is 0.264 e. The number of carbonyl (C=O) groups is 1. The number of aryl methyl sites for hydroxylation is 2. The highest BCUT2D eigenvalue weighted by molar-refractivity contribution is 5.76. The zero-order chi connectivity index (χ0) is 31.5. The molecule has 2 aromatic carbocycles. The molecule has 0 spiro atoms. The first-order valence-corrected chi connectivity index (χ1v) is 15.3. The number of unbranched alkanes of at least 4 members (excludes halogenated alkanes) is 1. The Kier molecular flexibility index (Phi) is 11.4. The van der Waals surface area contributed by atoms with Gasteiger partial charge in [-0.3, -0.25) is 9.59 Å². The molecule has 0 aliphatic heterocycles. The third-order valence-corrected chi connectivity index (χ3v) is 7.62. The van der Waals surface area contributed by atoms with E-state index in [0.29, 0.717) is 68.1 Å². The van der Waals surface area contributed by atoms with Gasteiger partial charge in [-0.25, -0.2) is 19.5 Å². The van der Waals surface area contributed by atoms with Gasteiger partial charge in [-0.05, 0) is 62.8 Å². The van der Waals surface area contributed by atoms with E-state index >= 15 is 0 Å². The fraction of sp³-hybridized carbons (Fsp3) is 0.371. The molecule has 44 heavy (non-hydrogen) atoms. The minimum atomic E-state index is -0.189. The Morgan fingerprint density at radius 3 is 2.36 bits per heavy atom. The molecule has 9 nitrogen and oxygen atoms in total. The van der Waals surface area contributed by atoms with E-state index in [1.807, 2.05) is 56.3 Å². The summed E-state index contributed by atoms with van der Waals surface area (Å²) in [4.78, 5) is 41.7. The first-order valence-electron chi connectivity index (χ1n) is 15.3. The normalized spacial score (nSPS) is 10.8. The molecule has 0 aliphatic rings. The highest BCUT2D eigenvalue weighted by atomic mass is 16.5. The summed E-state index contributed by atoms with van der Waals surface area (Å²) in [5.74, 6) is 1.35. The maximum Gasteiger partial charge on any atom is 0.264 e. The van der Waals surface area contributed by atoms with Crippen molar-refractivity contribution in [1.82, 2.24) is 24.4 Å². The maximum absolute atomic E-state index is 14.0. The zero-order valence-electron chi connectivity index (χ0n) is 26.0. The van der Waals surface area contributed by atoms with Crippen molar-refractivity contribution in [2.75, 3.05) is 19.7 Å². The molecule has 2 aromatic heterocycles. The number of nitrogens with zero attached hydrogens (tertiary/aromatic N) is 6. The largest absolute Gasteiger partial charge is 0.490 e. The minimum Gasteiger partial charge on any atom is -0.490 e.